The van der Waals surface area contributed by atoms with Gasteiger partial charge < -0.3 is 59.9 Å². The zero-order valence-corrected chi connectivity index (χ0v) is 42.2. The average molecular weight is 963 g/mol. The first kappa shape index (κ1) is 64.7. The fourth-order valence-corrected chi connectivity index (χ4v) is 6.84. The van der Waals surface area contributed by atoms with E-state index in [1.54, 1.807) is 0 Å². The normalized spacial score (nSPS) is 11.8. The molecule has 0 unspecified atom stereocenters. The lowest BCUT2D eigenvalue weighted by Crippen LogP contribution is -2.45. The van der Waals surface area contributed by atoms with Gasteiger partial charge in [-0.3, -0.25) is 20.0 Å². The Morgan fingerprint density at radius 2 is 0.716 bits per heavy atom. The summed E-state index contributed by atoms with van der Waals surface area (Å²) in [4.78, 5) is 44.5. The van der Waals surface area contributed by atoms with E-state index in [-0.39, 0.29) is 18.0 Å². The summed E-state index contributed by atoms with van der Waals surface area (Å²) < 4.78 is 31.7. The number of nitrogens with zero attached hydrogens (tertiary/aromatic N) is 6. The molecule has 0 aliphatic carbocycles. The number of amides is 2. The second kappa shape index (κ2) is 44.1. The molecule has 0 heterocycles. The Bertz CT molecular complexity index is 1240. The Kier molecular flexibility index (Phi) is 42.6. The molecule has 15 N–H and O–H groups in total. The Morgan fingerprint density at radius 3 is 0.970 bits per heavy atom. The number of nitrogens with two attached hydrogens (primary N) is 6. The van der Waals surface area contributed by atoms with E-state index in [0.717, 1.165) is 142 Å². The molecule has 0 saturated heterocycles. The molecule has 20 heteroatoms. The highest BCUT2D eigenvalue weighted by molar-refractivity contribution is 5.78. The minimum atomic E-state index is -5.08. The molecule has 0 radical (unpaired) electrons. The number of guanidine groups is 4. The highest BCUT2D eigenvalue weighted by Crippen LogP contribution is 2.15. The van der Waals surface area contributed by atoms with Crippen LogP contribution in [0.25, 0.3) is 0 Å². The molecule has 0 aliphatic rings. The van der Waals surface area contributed by atoms with Crippen LogP contribution in [0.5, 0.6) is 0 Å². The zero-order chi connectivity index (χ0) is 50.6. The molecule has 17 nitrogen and oxygen atoms in total. The van der Waals surface area contributed by atoms with Gasteiger partial charge in [0.2, 0.25) is 0 Å². The number of aliphatic imine (C=N–C) groups is 4. The van der Waals surface area contributed by atoms with Crippen molar-refractivity contribution in [3.05, 3.63) is 0 Å². The number of halogens is 3. The molecule has 0 aromatic carbocycles. The summed E-state index contributed by atoms with van der Waals surface area (Å²) in [6, 6.07) is 0.232. The van der Waals surface area contributed by atoms with E-state index in [1.165, 1.54) is 64.2 Å². The molecule has 2 amide bonds. The van der Waals surface area contributed by atoms with Gasteiger partial charge in [-0.2, -0.15) is 13.2 Å². The minimum absolute atomic E-state index is 0.167. The van der Waals surface area contributed by atoms with Gasteiger partial charge in [-0.15, -0.1) is 0 Å². The highest BCUT2D eigenvalue weighted by atomic mass is 19.4. The molecular formula is C47H97F3N14O3. The van der Waals surface area contributed by atoms with Crippen LogP contribution >= 0.6 is 0 Å². The van der Waals surface area contributed by atoms with Gasteiger partial charge in [0.15, 0.2) is 23.8 Å². The Labute approximate surface area is 402 Å². The van der Waals surface area contributed by atoms with Crippen LogP contribution in [-0.4, -0.2) is 122 Å². The number of carboxylic acids is 1. The quantitative estimate of drug-likeness (QED) is 0.0166. The SMILES string of the molecule is CC(C)CN=C(N)NCCCCCCCCN(CCCCCCCCN=C(N)N)C(=O)N(CCCCCCCCN=C(N)N)CCCCCCCCNC(N)=NCC(C)C.O=C(O)C(F)(F)F. The summed E-state index contributed by atoms with van der Waals surface area (Å²) in [5, 5.41) is 13.6. The number of carbonyl (C=O) groups excluding carboxylic acids is 1. The van der Waals surface area contributed by atoms with Gasteiger partial charge in [0.1, 0.15) is 0 Å². The fourth-order valence-electron chi connectivity index (χ4n) is 6.84. The standard InChI is InChI=1S/C45H96N14O.C2HF3O2/c1-39(2)37-56-43(50)54-31-23-15-7-11-19-27-35-58(33-25-17-9-5-13-21-29-52-41(46)47)45(60)59(34-26-18-10-6-14-22-30-53-42(48)49)36-28-20-12-8-16-24-32-55-44(51)57-38-40(3)4;3-2(4,5)1(6)7/h39-40H,5-38H2,1-4H3,(H4,46,47,52)(H4,48,49,53)(H3,50,54,56)(H3,51,55,57);(H,6,7). The smallest absolute Gasteiger partial charge is 0.475 e. The first-order valence-electron chi connectivity index (χ1n) is 25.4. The summed E-state index contributed by atoms with van der Waals surface area (Å²) >= 11 is 0. The van der Waals surface area contributed by atoms with Gasteiger partial charge in [0.25, 0.3) is 0 Å². The Morgan fingerprint density at radius 1 is 0.463 bits per heavy atom. The maximum Gasteiger partial charge on any atom is 0.490 e. The number of nitrogens with one attached hydrogen (secondary N) is 2. The molecule has 0 aromatic heterocycles. The van der Waals surface area contributed by atoms with E-state index in [2.05, 4.69) is 68.1 Å². The lowest BCUT2D eigenvalue weighted by atomic mass is 10.1. The number of hydrogen-bond acceptors (Lipinski definition) is 6. The van der Waals surface area contributed by atoms with Gasteiger partial charge >= 0.3 is 18.2 Å². The van der Waals surface area contributed by atoms with Gasteiger partial charge in [0.05, 0.1) is 0 Å². The predicted molar refractivity (Wildman–Crippen MR) is 273 cm³/mol. The van der Waals surface area contributed by atoms with Crippen molar-refractivity contribution in [3.63, 3.8) is 0 Å². The van der Waals surface area contributed by atoms with Crippen molar-refractivity contribution in [2.24, 2.45) is 66.2 Å². The second-order valence-electron chi connectivity index (χ2n) is 18.3. The van der Waals surface area contributed by atoms with E-state index in [4.69, 9.17) is 44.3 Å². The van der Waals surface area contributed by atoms with Gasteiger partial charge in [-0.1, -0.05) is 130 Å². The molecule has 0 spiro atoms. The first-order valence-corrected chi connectivity index (χ1v) is 25.4. The maximum absolute atomic E-state index is 14.3. The second-order valence-corrected chi connectivity index (χ2v) is 18.3. The van der Waals surface area contributed by atoms with E-state index < -0.39 is 12.1 Å². The van der Waals surface area contributed by atoms with Gasteiger partial charge in [-0.05, 0) is 63.2 Å². The lowest BCUT2D eigenvalue weighted by Gasteiger charge is -2.31. The monoisotopic (exact) mass is 963 g/mol. The molecule has 0 rings (SSSR count). The summed E-state index contributed by atoms with van der Waals surface area (Å²) in [5.74, 6) is -0.306. The number of rotatable bonds is 40. The van der Waals surface area contributed by atoms with Crippen LogP contribution in [-0.2, 0) is 4.79 Å². The van der Waals surface area contributed by atoms with E-state index in [9.17, 15) is 18.0 Å². The zero-order valence-electron chi connectivity index (χ0n) is 42.2. The van der Waals surface area contributed by atoms with Crippen LogP contribution in [0.3, 0.4) is 0 Å². The molecule has 0 aliphatic heterocycles. The summed E-state index contributed by atoms with van der Waals surface area (Å²) in [7, 11) is 0. The molecule has 0 bridgehead atoms. The highest BCUT2D eigenvalue weighted by Gasteiger charge is 2.38. The van der Waals surface area contributed by atoms with Gasteiger partial charge in [0, 0.05) is 65.4 Å². The number of carboxylic acid groups (broad SMARTS) is 1. The van der Waals surface area contributed by atoms with Crippen LogP contribution in [0.2, 0.25) is 0 Å². The fraction of sp³-hybridized carbons (Fsp3) is 0.872. The minimum Gasteiger partial charge on any atom is -0.475 e. The van der Waals surface area contributed by atoms with Crippen molar-refractivity contribution >= 4 is 35.8 Å². The van der Waals surface area contributed by atoms with Gasteiger partial charge in [-0.25, -0.2) is 9.59 Å². The number of unbranched alkanes of at least 4 members (excludes halogenated alkanes) is 20. The van der Waals surface area contributed by atoms with Crippen LogP contribution in [0, 0.1) is 11.8 Å². The van der Waals surface area contributed by atoms with E-state index in [1.807, 2.05) is 0 Å². The van der Waals surface area contributed by atoms with Crippen LogP contribution < -0.4 is 45.0 Å². The number of alkyl halides is 3. The van der Waals surface area contributed by atoms with E-state index in [0.29, 0.717) is 36.8 Å². The third kappa shape index (κ3) is 47.9. The molecule has 0 saturated carbocycles. The summed E-state index contributed by atoms with van der Waals surface area (Å²) in [6.45, 7) is 16.5. The summed E-state index contributed by atoms with van der Waals surface area (Å²) in [6.07, 6.45) is 21.8. The van der Waals surface area contributed by atoms with Crippen molar-refractivity contribution < 1.29 is 27.9 Å². The number of aliphatic carboxylic acids is 1. The van der Waals surface area contributed by atoms with Crippen LogP contribution in [0.15, 0.2) is 20.0 Å². The van der Waals surface area contributed by atoms with Crippen LogP contribution in [0.4, 0.5) is 18.0 Å². The number of hydrogen-bond donors (Lipinski definition) is 9. The Balaban J connectivity index is 0. The van der Waals surface area contributed by atoms with Crippen molar-refractivity contribution in [2.45, 2.75) is 188 Å². The number of carbonyl (C=O) groups is 2. The lowest BCUT2D eigenvalue weighted by molar-refractivity contribution is -0.192. The molecule has 0 aromatic rings. The average Bonchev–Trinajstić information content (AvgIpc) is 3.25. The maximum atomic E-state index is 14.3. The third-order valence-electron chi connectivity index (χ3n) is 10.6. The van der Waals surface area contributed by atoms with E-state index >= 15 is 0 Å². The first-order chi connectivity index (χ1) is 31.9. The van der Waals surface area contributed by atoms with Crippen LogP contribution in [0.1, 0.15) is 182 Å². The molecule has 67 heavy (non-hydrogen) atoms. The predicted octanol–water partition coefficient (Wildman–Crippen LogP) is 7.37. The van der Waals surface area contributed by atoms with Crippen molar-refractivity contribution in [3.8, 4) is 0 Å². The topological polar surface area (TPSA) is 290 Å². The van der Waals surface area contributed by atoms with Crippen molar-refractivity contribution in [2.75, 3.05) is 65.4 Å². The van der Waals surface area contributed by atoms with Crippen molar-refractivity contribution in [1.82, 2.24) is 20.4 Å². The molecule has 0 atom stereocenters. The number of urea groups is 1. The largest absolute Gasteiger partial charge is 0.490 e. The van der Waals surface area contributed by atoms with Crippen molar-refractivity contribution in [1.29, 1.82) is 0 Å². The molecular weight excluding hydrogens is 866 g/mol. The summed E-state index contributed by atoms with van der Waals surface area (Å²) in [5.41, 5.74) is 33.8. The third-order valence-corrected chi connectivity index (χ3v) is 10.6. The molecule has 394 valence electrons. The Hall–Kier alpha value is -4.39. The molecule has 0 fully saturated rings.